The summed E-state index contributed by atoms with van der Waals surface area (Å²) in [5.74, 6) is -0.227. The van der Waals surface area contributed by atoms with Gasteiger partial charge >= 0.3 is 0 Å². The Balaban J connectivity index is 2.59. The molecule has 0 atom stereocenters. The van der Waals surface area contributed by atoms with Gasteiger partial charge in [0.2, 0.25) is 0 Å². The van der Waals surface area contributed by atoms with E-state index in [1.807, 2.05) is 6.20 Å². The van der Waals surface area contributed by atoms with Gasteiger partial charge in [0.1, 0.15) is 5.82 Å². The maximum atomic E-state index is 12.9. The van der Waals surface area contributed by atoms with Crippen molar-refractivity contribution in [3.8, 4) is 11.1 Å². The fourth-order valence-corrected chi connectivity index (χ4v) is 1.96. The third-order valence-electron chi connectivity index (χ3n) is 2.84. The number of benzene rings is 1. The molecule has 2 nitrogen and oxygen atoms in total. The molecule has 0 radical (unpaired) electrons. The Bertz CT molecular complexity index is 484. The summed E-state index contributed by atoms with van der Waals surface area (Å²) in [4.78, 5) is 4.18. The van der Waals surface area contributed by atoms with E-state index >= 15 is 0 Å². The molecular weight excluding hydrogens is 215 g/mol. The van der Waals surface area contributed by atoms with Gasteiger partial charge in [0, 0.05) is 18.9 Å². The Morgan fingerprint density at radius 2 is 1.76 bits per heavy atom. The highest BCUT2D eigenvalue weighted by Crippen LogP contribution is 2.27. The Morgan fingerprint density at radius 3 is 2.35 bits per heavy atom. The quantitative estimate of drug-likeness (QED) is 0.880. The maximum absolute atomic E-state index is 12.9. The summed E-state index contributed by atoms with van der Waals surface area (Å²) in [6.45, 7) is 2.51. The Labute approximate surface area is 100 Å². The molecule has 0 fully saturated rings. The Morgan fingerprint density at radius 1 is 1.12 bits per heavy atom. The molecule has 0 saturated heterocycles. The van der Waals surface area contributed by atoms with Gasteiger partial charge in [0.05, 0.1) is 0 Å². The van der Waals surface area contributed by atoms with E-state index in [0.717, 1.165) is 28.7 Å². The van der Waals surface area contributed by atoms with Gasteiger partial charge in [-0.3, -0.25) is 4.98 Å². The lowest BCUT2D eigenvalue weighted by molar-refractivity contribution is 0.628. The molecule has 0 aliphatic rings. The number of rotatable bonds is 3. The molecule has 0 saturated carbocycles. The Hall–Kier alpha value is -1.74. The minimum absolute atomic E-state index is 0.227. The van der Waals surface area contributed by atoms with Gasteiger partial charge in [-0.15, -0.1) is 0 Å². The molecule has 0 amide bonds. The van der Waals surface area contributed by atoms with Crippen molar-refractivity contribution >= 4 is 0 Å². The molecule has 2 N–H and O–H groups in total. The molecule has 0 aliphatic heterocycles. The highest BCUT2D eigenvalue weighted by atomic mass is 19.1. The normalized spacial score (nSPS) is 10.5. The summed E-state index contributed by atoms with van der Waals surface area (Å²) >= 11 is 0. The standard InChI is InChI=1S/C14H15FN2/c1-2-10-8-17-9-12(7-16)14(10)11-3-5-13(15)6-4-11/h3-6,8-9H,2,7,16H2,1H3. The van der Waals surface area contributed by atoms with Crippen LogP contribution in [0.25, 0.3) is 11.1 Å². The van der Waals surface area contributed by atoms with Crippen LogP contribution in [0.3, 0.4) is 0 Å². The van der Waals surface area contributed by atoms with E-state index in [1.165, 1.54) is 12.1 Å². The summed E-state index contributed by atoms with van der Waals surface area (Å²) in [6, 6.07) is 6.50. The minimum atomic E-state index is -0.227. The number of hydrogen-bond acceptors (Lipinski definition) is 2. The number of pyridine rings is 1. The van der Waals surface area contributed by atoms with Crippen molar-refractivity contribution in [2.45, 2.75) is 19.9 Å². The van der Waals surface area contributed by atoms with Crippen LogP contribution in [-0.4, -0.2) is 4.98 Å². The van der Waals surface area contributed by atoms with Crippen LogP contribution in [-0.2, 0) is 13.0 Å². The topological polar surface area (TPSA) is 38.9 Å². The van der Waals surface area contributed by atoms with Gasteiger partial charge in [-0.2, -0.15) is 0 Å². The molecule has 0 aliphatic carbocycles. The molecular formula is C14H15FN2. The minimum Gasteiger partial charge on any atom is -0.326 e. The summed E-state index contributed by atoms with van der Waals surface area (Å²) in [5.41, 5.74) is 9.94. The number of halogens is 1. The van der Waals surface area contributed by atoms with Gasteiger partial charge in [-0.25, -0.2) is 4.39 Å². The van der Waals surface area contributed by atoms with E-state index in [2.05, 4.69) is 11.9 Å². The SMILES string of the molecule is CCc1cncc(CN)c1-c1ccc(F)cc1. The van der Waals surface area contributed by atoms with E-state index < -0.39 is 0 Å². The molecule has 0 spiro atoms. The fourth-order valence-electron chi connectivity index (χ4n) is 1.96. The third-order valence-corrected chi connectivity index (χ3v) is 2.84. The average Bonchev–Trinajstić information content (AvgIpc) is 2.38. The first-order chi connectivity index (χ1) is 8.26. The van der Waals surface area contributed by atoms with Crippen molar-refractivity contribution in [1.82, 2.24) is 4.98 Å². The lowest BCUT2D eigenvalue weighted by Gasteiger charge is -2.12. The van der Waals surface area contributed by atoms with Crippen LogP contribution in [0.1, 0.15) is 18.1 Å². The number of aromatic nitrogens is 1. The molecule has 2 aromatic rings. The molecule has 0 bridgehead atoms. The van der Waals surface area contributed by atoms with Gasteiger partial charge in [0.25, 0.3) is 0 Å². The van der Waals surface area contributed by atoms with E-state index in [-0.39, 0.29) is 5.82 Å². The molecule has 1 aromatic carbocycles. The Kier molecular flexibility index (Phi) is 3.49. The zero-order chi connectivity index (χ0) is 12.3. The van der Waals surface area contributed by atoms with Crippen molar-refractivity contribution in [3.05, 3.63) is 53.6 Å². The molecule has 2 rings (SSSR count). The monoisotopic (exact) mass is 230 g/mol. The van der Waals surface area contributed by atoms with Crippen molar-refractivity contribution in [3.63, 3.8) is 0 Å². The van der Waals surface area contributed by atoms with Crippen LogP contribution in [0.4, 0.5) is 4.39 Å². The molecule has 1 heterocycles. The van der Waals surface area contributed by atoms with Gasteiger partial charge in [-0.05, 0) is 40.8 Å². The van der Waals surface area contributed by atoms with Crippen LogP contribution in [0.2, 0.25) is 0 Å². The largest absolute Gasteiger partial charge is 0.326 e. The summed E-state index contributed by atoms with van der Waals surface area (Å²) in [7, 11) is 0. The predicted octanol–water partition coefficient (Wildman–Crippen LogP) is 2.91. The molecule has 1 aromatic heterocycles. The first-order valence-electron chi connectivity index (χ1n) is 5.68. The number of aryl methyl sites for hydroxylation is 1. The number of nitrogens with two attached hydrogens (primary N) is 1. The van der Waals surface area contributed by atoms with Crippen LogP contribution < -0.4 is 5.73 Å². The maximum Gasteiger partial charge on any atom is 0.123 e. The van der Waals surface area contributed by atoms with Crippen molar-refractivity contribution < 1.29 is 4.39 Å². The van der Waals surface area contributed by atoms with Crippen LogP contribution in [0.15, 0.2) is 36.7 Å². The first-order valence-corrected chi connectivity index (χ1v) is 5.68. The third kappa shape index (κ3) is 2.34. The van der Waals surface area contributed by atoms with Crippen molar-refractivity contribution in [2.75, 3.05) is 0 Å². The van der Waals surface area contributed by atoms with Crippen LogP contribution >= 0.6 is 0 Å². The second-order valence-electron chi connectivity index (χ2n) is 3.90. The smallest absolute Gasteiger partial charge is 0.123 e. The van der Waals surface area contributed by atoms with Gasteiger partial charge < -0.3 is 5.73 Å². The summed E-state index contributed by atoms with van der Waals surface area (Å²) < 4.78 is 12.9. The first kappa shape index (κ1) is 11.7. The van der Waals surface area contributed by atoms with Gasteiger partial charge in [-0.1, -0.05) is 19.1 Å². The van der Waals surface area contributed by atoms with Crippen LogP contribution in [0, 0.1) is 5.82 Å². The number of hydrogen-bond donors (Lipinski definition) is 1. The summed E-state index contributed by atoms with van der Waals surface area (Å²) in [5, 5.41) is 0. The molecule has 3 heteroatoms. The molecule has 0 unspecified atom stereocenters. The van der Waals surface area contributed by atoms with Gasteiger partial charge in [0.15, 0.2) is 0 Å². The second kappa shape index (κ2) is 5.06. The molecule has 88 valence electrons. The number of nitrogens with zero attached hydrogens (tertiary/aromatic N) is 1. The second-order valence-corrected chi connectivity index (χ2v) is 3.90. The van der Waals surface area contributed by atoms with E-state index in [1.54, 1.807) is 18.3 Å². The zero-order valence-corrected chi connectivity index (χ0v) is 9.78. The van der Waals surface area contributed by atoms with E-state index in [0.29, 0.717) is 6.54 Å². The highest BCUT2D eigenvalue weighted by Gasteiger charge is 2.09. The van der Waals surface area contributed by atoms with E-state index in [4.69, 9.17) is 5.73 Å². The van der Waals surface area contributed by atoms with Crippen molar-refractivity contribution in [1.29, 1.82) is 0 Å². The van der Waals surface area contributed by atoms with E-state index in [9.17, 15) is 4.39 Å². The summed E-state index contributed by atoms with van der Waals surface area (Å²) in [6.07, 6.45) is 4.50. The lowest BCUT2D eigenvalue weighted by Crippen LogP contribution is -2.03. The average molecular weight is 230 g/mol. The predicted molar refractivity (Wildman–Crippen MR) is 66.9 cm³/mol. The molecule has 17 heavy (non-hydrogen) atoms. The highest BCUT2D eigenvalue weighted by molar-refractivity contribution is 5.70. The van der Waals surface area contributed by atoms with Crippen molar-refractivity contribution in [2.24, 2.45) is 5.73 Å². The van der Waals surface area contributed by atoms with Crippen LogP contribution in [0.5, 0.6) is 0 Å². The fraction of sp³-hybridized carbons (Fsp3) is 0.214. The zero-order valence-electron chi connectivity index (χ0n) is 9.78. The lowest BCUT2D eigenvalue weighted by atomic mass is 9.95.